The topological polar surface area (TPSA) is 108 Å². The number of amides is 1. The lowest BCUT2D eigenvalue weighted by Gasteiger charge is -2.25. The molecule has 1 aromatic carbocycles. The van der Waals surface area contributed by atoms with Gasteiger partial charge in [0.25, 0.3) is 0 Å². The summed E-state index contributed by atoms with van der Waals surface area (Å²) in [6.45, 7) is 11.0. The Hall–Kier alpha value is -2.90. The Morgan fingerprint density at radius 1 is 0.854 bits per heavy atom. The Balaban J connectivity index is 2.76. The van der Waals surface area contributed by atoms with E-state index in [9.17, 15) is 19.2 Å². The first-order valence-electron chi connectivity index (χ1n) is 15.3. The summed E-state index contributed by atoms with van der Waals surface area (Å²) in [5.41, 5.74) is -0.252. The predicted octanol–water partition coefficient (Wildman–Crippen LogP) is 7.57. The van der Waals surface area contributed by atoms with E-state index in [1.807, 2.05) is 13.8 Å². The van der Waals surface area contributed by atoms with Gasteiger partial charge in [-0.2, -0.15) is 0 Å². The SMILES string of the molecule is CCCCCCCCCCC[C@H](CC(=O)OCC(=O)c1ccccc1)OC(=O)[C@H](CC(C)C)NC(=O)OC(C)(C)C. The zero-order valence-electron chi connectivity index (χ0n) is 26.2. The number of carbonyl (C=O) groups excluding carboxylic acids is 4. The minimum atomic E-state index is -0.911. The van der Waals surface area contributed by atoms with E-state index in [0.717, 1.165) is 25.7 Å². The second kappa shape index (κ2) is 20.1. The number of rotatable bonds is 20. The summed E-state index contributed by atoms with van der Waals surface area (Å²) in [4.78, 5) is 50.6. The molecule has 1 rings (SSSR count). The summed E-state index contributed by atoms with van der Waals surface area (Å²) in [7, 11) is 0. The summed E-state index contributed by atoms with van der Waals surface area (Å²) < 4.78 is 16.4. The van der Waals surface area contributed by atoms with Crippen molar-refractivity contribution in [3.05, 3.63) is 35.9 Å². The first-order valence-corrected chi connectivity index (χ1v) is 15.3. The van der Waals surface area contributed by atoms with Crippen LogP contribution in [0.1, 0.15) is 129 Å². The molecule has 0 bridgehead atoms. The van der Waals surface area contributed by atoms with Crippen molar-refractivity contribution >= 4 is 23.8 Å². The normalized spacial score (nSPS) is 12.9. The second-order valence-electron chi connectivity index (χ2n) is 12.2. The average molecular weight is 576 g/mol. The monoisotopic (exact) mass is 575 g/mol. The van der Waals surface area contributed by atoms with Crippen molar-refractivity contribution in [2.75, 3.05) is 6.61 Å². The number of alkyl carbamates (subject to hydrolysis) is 1. The van der Waals surface area contributed by atoms with E-state index >= 15 is 0 Å². The van der Waals surface area contributed by atoms with Crippen molar-refractivity contribution in [3.63, 3.8) is 0 Å². The van der Waals surface area contributed by atoms with Crippen LogP contribution in [0, 0.1) is 5.92 Å². The third-order valence-electron chi connectivity index (χ3n) is 6.45. The molecule has 1 amide bonds. The zero-order valence-corrected chi connectivity index (χ0v) is 26.2. The molecule has 0 saturated heterocycles. The van der Waals surface area contributed by atoms with Crippen LogP contribution in [0.2, 0.25) is 0 Å². The number of Topliss-reactive ketones (excluding diaryl/α,β-unsaturated/α-hetero) is 1. The largest absolute Gasteiger partial charge is 0.460 e. The molecule has 0 aromatic heterocycles. The highest BCUT2D eigenvalue weighted by Gasteiger charge is 2.29. The minimum absolute atomic E-state index is 0.104. The lowest BCUT2D eigenvalue weighted by Crippen LogP contribution is -2.46. The smallest absolute Gasteiger partial charge is 0.408 e. The first kappa shape index (κ1) is 36.1. The number of nitrogens with one attached hydrogen (secondary N) is 1. The molecule has 8 heteroatoms. The van der Waals surface area contributed by atoms with Crippen LogP contribution in [0.5, 0.6) is 0 Å². The van der Waals surface area contributed by atoms with Gasteiger partial charge in [-0.05, 0) is 46.0 Å². The number of ether oxygens (including phenoxy) is 3. The molecule has 0 spiro atoms. The highest BCUT2D eigenvalue weighted by molar-refractivity contribution is 5.97. The highest BCUT2D eigenvalue weighted by atomic mass is 16.6. The third-order valence-corrected chi connectivity index (χ3v) is 6.45. The number of ketones is 1. The van der Waals surface area contributed by atoms with Crippen LogP contribution in [-0.2, 0) is 23.8 Å². The van der Waals surface area contributed by atoms with Crippen LogP contribution in [0.3, 0.4) is 0 Å². The molecule has 0 aliphatic rings. The molecule has 0 fully saturated rings. The van der Waals surface area contributed by atoms with Crippen molar-refractivity contribution in [2.24, 2.45) is 5.92 Å². The number of hydrogen-bond donors (Lipinski definition) is 1. The highest BCUT2D eigenvalue weighted by Crippen LogP contribution is 2.17. The molecule has 0 heterocycles. The maximum atomic E-state index is 13.2. The van der Waals surface area contributed by atoms with Crippen LogP contribution in [0.25, 0.3) is 0 Å². The maximum absolute atomic E-state index is 13.2. The Morgan fingerprint density at radius 3 is 2.00 bits per heavy atom. The molecule has 0 aliphatic carbocycles. The van der Waals surface area contributed by atoms with E-state index in [4.69, 9.17) is 14.2 Å². The van der Waals surface area contributed by atoms with Gasteiger partial charge in [-0.15, -0.1) is 0 Å². The Labute approximate surface area is 247 Å². The second-order valence-corrected chi connectivity index (χ2v) is 12.2. The molecule has 0 unspecified atom stereocenters. The van der Waals surface area contributed by atoms with Gasteiger partial charge in [-0.1, -0.05) is 102 Å². The van der Waals surface area contributed by atoms with Gasteiger partial charge in [0.15, 0.2) is 12.4 Å². The number of unbranched alkanes of at least 4 members (excludes halogenated alkanes) is 8. The van der Waals surface area contributed by atoms with Crippen LogP contribution < -0.4 is 5.32 Å². The maximum Gasteiger partial charge on any atom is 0.408 e. The van der Waals surface area contributed by atoms with Gasteiger partial charge in [0.05, 0.1) is 6.42 Å². The predicted molar refractivity (Wildman–Crippen MR) is 161 cm³/mol. The Kier molecular flexibility index (Phi) is 17.7. The van der Waals surface area contributed by atoms with Crippen molar-refractivity contribution in [3.8, 4) is 0 Å². The number of esters is 2. The van der Waals surface area contributed by atoms with Crippen molar-refractivity contribution < 1.29 is 33.4 Å². The average Bonchev–Trinajstić information content (AvgIpc) is 2.89. The molecule has 232 valence electrons. The summed E-state index contributed by atoms with van der Waals surface area (Å²) in [5, 5.41) is 2.63. The van der Waals surface area contributed by atoms with Gasteiger partial charge in [-0.25, -0.2) is 9.59 Å². The van der Waals surface area contributed by atoms with Gasteiger partial charge in [0.1, 0.15) is 17.7 Å². The molecule has 1 N–H and O–H groups in total. The van der Waals surface area contributed by atoms with E-state index in [-0.39, 0.29) is 24.7 Å². The standard InChI is InChI=1S/C33H53NO7/c1-7-8-9-10-11-12-13-14-18-21-27(23-30(36)39-24-29(35)26-19-16-15-17-20-26)40-31(37)28(22-25(2)3)34-32(38)41-33(4,5)6/h15-17,19-20,25,27-28H,7-14,18,21-24H2,1-6H3,(H,34,38)/t27-,28+/m1/s1. The molecule has 41 heavy (non-hydrogen) atoms. The van der Waals surface area contributed by atoms with E-state index in [0.29, 0.717) is 18.4 Å². The molecule has 8 nitrogen and oxygen atoms in total. The van der Waals surface area contributed by atoms with Gasteiger partial charge in [-0.3, -0.25) is 9.59 Å². The molecule has 0 saturated carbocycles. The van der Waals surface area contributed by atoms with Crippen LogP contribution in [-0.4, -0.2) is 48.2 Å². The van der Waals surface area contributed by atoms with Crippen molar-refractivity contribution in [1.29, 1.82) is 0 Å². The fourth-order valence-electron chi connectivity index (χ4n) is 4.37. The summed E-state index contributed by atoms with van der Waals surface area (Å²) in [5.74, 6) is -1.42. The minimum Gasteiger partial charge on any atom is -0.460 e. The van der Waals surface area contributed by atoms with Crippen molar-refractivity contribution in [1.82, 2.24) is 5.32 Å². The quantitative estimate of drug-likeness (QED) is 0.0739. The van der Waals surface area contributed by atoms with Crippen molar-refractivity contribution in [2.45, 2.75) is 136 Å². The first-order chi connectivity index (χ1) is 19.4. The lowest BCUT2D eigenvalue weighted by atomic mass is 10.0. The van der Waals surface area contributed by atoms with E-state index < -0.39 is 35.8 Å². The van der Waals surface area contributed by atoms with Gasteiger partial charge < -0.3 is 19.5 Å². The molecule has 1 aromatic rings. The summed E-state index contributed by atoms with van der Waals surface area (Å²) in [6, 6.07) is 7.71. The third kappa shape index (κ3) is 18.2. The summed E-state index contributed by atoms with van der Waals surface area (Å²) >= 11 is 0. The van der Waals surface area contributed by atoms with Gasteiger partial charge in [0.2, 0.25) is 0 Å². The fraction of sp³-hybridized carbons (Fsp3) is 0.697. The molecular formula is C33H53NO7. The van der Waals surface area contributed by atoms with Crippen LogP contribution >= 0.6 is 0 Å². The van der Waals surface area contributed by atoms with Gasteiger partial charge in [0, 0.05) is 5.56 Å². The van der Waals surface area contributed by atoms with E-state index in [1.54, 1.807) is 51.1 Å². The van der Waals surface area contributed by atoms with E-state index in [2.05, 4.69) is 12.2 Å². The Morgan fingerprint density at radius 2 is 1.44 bits per heavy atom. The number of hydrogen-bond acceptors (Lipinski definition) is 7. The molecular weight excluding hydrogens is 522 g/mol. The van der Waals surface area contributed by atoms with Crippen LogP contribution in [0.4, 0.5) is 4.79 Å². The van der Waals surface area contributed by atoms with Crippen LogP contribution in [0.15, 0.2) is 30.3 Å². The summed E-state index contributed by atoms with van der Waals surface area (Å²) in [6.07, 6.45) is 9.52. The van der Waals surface area contributed by atoms with Gasteiger partial charge >= 0.3 is 18.0 Å². The number of carbonyl (C=O) groups is 4. The molecule has 2 atom stereocenters. The zero-order chi connectivity index (χ0) is 30.7. The lowest BCUT2D eigenvalue weighted by molar-refractivity contribution is -0.157. The molecule has 0 radical (unpaired) electrons. The fourth-order valence-corrected chi connectivity index (χ4v) is 4.37. The van der Waals surface area contributed by atoms with E-state index in [1.165, 1.54) is 32.1 Å². The Bertz CT molecular complexity index is 908. The number of benzene rings is 1. The molecule has 0 aliphatic heterocycles.